The molecule has 0 saturated heterocycles. The topological polar surface area (TPSA) is 79.9 Å². The first-order chi connectivity index (χ1) is 6.77. The van der Waals surface area contributed by atoms with Gasteiger partial charge in [-0.3, -0.25) is 4.79 Å². The quantitative estimate of drug-likeness (QED) is 0.602. The lowest BCUT2D eigenvalue weighted by Crippen LogP contribution is -2.39. The van der Waals surface area contributed by atoms with Crippen molar-refractivity contribution in [2.45, 2.75) is 18.9 Å². The van der Waals surface area contributed by atoms with Crippen molar-refractivity contribution in [1.29, 1.82) is 10.5 Å². The Kier molecular flexibility index (Phi) is 3.90. The van der Waals surface area contributed by atoms with Gasteiger partial charge in [0, 0.05) is 6.04 Å². The summed E-state index contributed by atoms with van der Waals surface area (Å²) >= 11 is 0. The molecule has 1 amide bonds. The monoisotopic (exact) mass is 192 g/mol. The van der Waals surface area contributed by atoms with E-state index in [0.717, 1.165) is 12.8 Å². The molecule has 1 N–H and O–H groups in total. The van der Waals surface area contributed by atoms with Crippen molar-refractivity contribution < 1.29 is 4.79 Å². The summed E-state index contributed by atoms with van der Waals surface area (Å²) < 4.78 is 0. The largest absolute Gasteiger partial charge is 0.315 e. The molecule has 74 valence electrons. The lowest BCUT2D eigenvalue weighted by molar-refractivity contribution is -0.129. The lowest BCUT2D eigenvalue weighted by atomic mass is 10.4. The number of nitrogens with zero attached hydrogens (tertiary/aromatic N) is 3. The third kappa shape index (κ3) is 3.42. The fourth-order valence-corrected chi connectivity index (χ4v) is 1.03. The second-order valence-electron chi connectivity index (χ2n) is 3.22. The van der Waals surface area contributed by atoms with E-state index in [1.807, 2.05) is 12.1 Å². The Morgan fingerprint density at radius 3 is 2.36 bits per heavy atom. The van der Waals surface area contributed by atoms with Crippen molar-refractivity contribution in [3.8, 4) is 12.1 Å². The predicted molar refractivity (Wildman–Crippen MR) is 48.8 cm³/mol. The van der Waals surface area contributed by atoms with E-state index in [2.05, 4.69) is 5.32 Å². The van der Waals surface area contributed by atoms with E-state index in [1.54, 1.807) is 0 Å². The number of nitriles is 2. The van der Waals surface area contributed by atoms with Crippen LogP contribution in [-0.4, -0.2) is 36.5 Å². The molecule has 1 fully saturated rings. The Bertz CT molecular complexity index is 268. The molecule has 0 heterocycles. The van der Waals surface area contributed by atoms with Gasteiger partial charge in [-0.2, -0.15) is 10.5 Å². The molecule has 0 spiro atoms. The van der Waals surface area contributed by atoms with E-state index >= 15 is 0 Å². The van der Waals surface area contributed by atoms with Crippen LogP contribution in [0.15, 0.2) is 0 Å². The summed E-state index contributed by atoms with van der Waals surface area (Å²) in [4.78, 5) is 12.7. The molecule has 0 aromatic rings. The van der Waals surface area contributed by atoms with Crippen LogP contribution in [0.5, 0.6) is 0 Å². The maximum atomic E-state index is 11.4. The zero-order valence-corrected chi connectivity index (χ0v) is 7.86. The molecule has 0 aliphatic heterocycles. The van der Waals surface area contributed by atoms with Crippen molar-refractivity contribution in [3.63, 3.8) is 0 Å². The third-order valence-corrected chi connectivity index (χ3v) is 2.00. The van der Waals surface area contributed by atoms with E-state index < -0.39 is 0 Å². The Hall–Kier alpha value is -1.59. The molecule has 0 unspecified atom stereocenters. The van der Waals surface area contributed by atoms with Gasteiger partial charge in [0.1, 0.15) is 13.1 Å². The van der Waals surface area contributed by atoms with Gasteiger partial charge in [0.25, 0.3) is 0 Å². The molecule has 1 aliphatic carbocycles. The lowest BCUT2D eigenvalue weighted by Gasteiger charge is -2.15. The maximum absolute atomic E-state index is 11.4. The van der Waals surface area contributed by atoms with Crippen LogP contribution in [-0.2, 0) is 4.79 Å². The summed E-state index contributed by atoms with van der Waals surface area (Å²) in [6.07, 6.45) is 2.23. The van der Waals surface area contributed by atoms with E-state index in [9.17, 15) is 4.79 Å². The Labute approximate surface area is 82.9 Å². The van der Waals surface area contributed by atoms with E-state index in [-0.39, 0.29) is 25.5 Å². The summed E-state index contributed by atoms with van der Waals surface area (Å²) in [5.41, 5.74) is 0. The first-order valence-corrected chi connectivity index (χ1v) is 4.53. The molecule has 0 radical (unpaired) electrons. The molecule has 0 aromatic carbocycles. The van der Waals surface area contributed by atoms with E-state index in [4.69, 9.17) is 10.5 Å². The van der Waals surface area contributed by atoms with Crippen LogP contribution in [0.2, 0.25) is 0 Å². The number of hydrogen-bond donors (Lipinski definition) is 1. The van der Waals surface area contributed by atoms with Crippen LogP contribution >= 0.6 is 0 Å². The van der Waals surface area contributed by atoms with Crippen molar-refractivity contribution >= 4 is 5.91 Å². The fourth-order valence-electron chi connectivity index (χ4n) is 1.03. The van der Waals surface area contributed by atoms with Gasteiger partial charge in [-0.1, -0.05) is 0 Å². The molecule has 0 bridgehead atoms. The summed E-state index contributed by atoms with van der Waals surface area (Å²) in [5, 5.41) is 19.9. The van der Waals surface area contributed by atoms with Gasteiger partial charge in [-0.25, -0.2) is 0 Å². The van der Waals surface area contributed by atoms with E-state index in [0.29, 0.717) is 6.04 Å². The molecule has 1 saturated carbocycles. The van der Waals surface area contributed by atoms with Crippen LogP contribution in [0, 0.1) is 22.7 Å². The molecular formula is C9H12N4O. The highest BCUT2D eigenvalue weighted by molar-refractivity contribution is 5.78. The highest BCUT2D eigenvalue weighted by atomic mass is 16.2. The highest BCUT2D eigenvalue weighted by Crippen LogP contribution is 2.18. The summed E-state index contributed by atoms with van der Waals surface area (Å²) in [5.74, 6) is -0.181. The van der Waals surface area contributed by atoms with Crippen LogP contribution in [0.3, 0.4) is 0 Å². The number of nitrogens with one attached hydrogen (secondary N) is 1. The number of rotatable bonds is 5. The second-order valence-corrected chi connectivity index (χ2v) is 3.22. The van der Waals surface area contributed by atoms with Crippen LogP contribution < -0.4 is 5.32 Å². The fraction of sp³-hybridized carbons (Fsp3) is 0.667. The summed E-state index contributed by atoms with van der Waals surface area (Å²) in [7, 11) is 0. The van der Waals surface area contributed by atoms with Gasteiger partial charge < -0.3 is 10.2 Å². The molecule has 0 aromatic heterocycles. The average molecular weight is 192 g/mol. The smallest absolute Gasteiger partial charge is 0.238 e. The van der Waals surface area contributed by atoms with Gasteiger partial charge in [-0.05, 0) is 12.8 Å². The standard InChI is InChI=1S/C9H12N4O/c10-3-5-13(6-4-11)9(14)7-12-8-1-2-8/h8,12H,1-2,5-7H2. The molecule has 1 aliphatic rings. The molecule has 5 nitrogen and oxygen atoms in total. The van der Waals surface area contributed by atoms with Gasteiger partial charge in [-0.15, -0.1) is 0 Å². The zero-order valence-electron chi connectivity index (χ0n) is 7.86. The normalized spacial score (nSPS) is 14.1. The molecule has 5 heteroatoms. The summed E-state index contributed by atoms with van der Waals surface area (Å²) in [6.45, 7) is 0.200. The van der Waals surface area contributed by atoms with Gasteiger partial charge >= 0.3 is 0 Å². The Morgan fingerprint density at radius 1 is 1.36 bits per heavy atom. The van der Waals surface area contributed by atoms with Gasteiger partial charge in [0.2, 0.25) is 5.91 Å². The minimum Gasteiger partial charge on any atom is -0.315 e. The first-order valence-electron chi connectivity index (χ1n) is 4.53. The highest BCUT2D eigenvalue weighted by Gasteiger charge is 2.22. The molecule has 14 heavy (non-hydrogen) atoms. The second kappa shape index (κ2) is 5.21. The minimum absolute atomic E-state index is 0.0151. The van der Waals surface area contributed by atoms with Crippen molar-refractivity contribution in [1.82, 2.24) is 10.2 Å². The van der Waals surface area contributed by atoms with E-state index in [1.165, 1.54) is 4.90 Å². The number of carbonyl (C=O) groups excluding carboxylic acids is 1. The van der Waals surface area contributed by atoms with Crippen molar-refractivity contribution in [2.75, 3.05) is 19.6 Å². The van der Waals surface area contributed by atoms with Crippen LogP contribution in [0.4, 0.5) is 0 Å². The minimum atomic E-state index is -0.181. The van der Waals surface area contributed by atoms with Gasteiger partial charge in [0.15, 0.2) is 0 Å². The SMILES string of the molecule is N#CCN(CC#N)C(=O)CNC1CC1. The number of hydrogen-bond acceptors (Lipinski definition) is 4. The number of amides is 1. The van der Waals surface area contributed by atoms with Crippen molar-refractivity contribution in [3.05, 3.63) is 0 Å². The molecule has 1 rings (SSSR count). The zero-order chi connectivity index (χ0) is 10.4. The molecule has 0 atom stereocenters. The third-order valence-electron chi connectivity index (χ3n) is 2.00. The van der Waals surface area contributed by atoms with Crippen LogP contribution in [0.25, 0.3) is 0 Å². The maximum Gasteiger partial charge on any atom is 0.238 e. The molecular weight excluding hydrogens is 180 g/mol. The van der Waals surface area contributed by atoms with Crippen LogP contribution in [0.1, 0.15) is 12.8 Å². The summed E-state index contributed by atoms with van der Waals surface area (Å²) in [6, 6.07) is 4.19. The number of carbonyl (C=O) groups is 1. The first kappa shape index (κ1) is 10.5. The average Bonchev–Trinajstić information content (AvgIpc) is 2.97. The van der Waals surface area contributed by atoms with Gasteiger partial charge in [0.05, 0.1) is 18.7 Å². The van der Waals surface area contributed by atoms with Crippen molar-refractivity contribution in [2.24, 2.45) is 0 Å². The Balaban J connectivity index is 2.29. The predicted octanol–water partition coefficient (Wildman–Crippen LogP) is -0.386. The Morgan fingerprint density at radius 2 is 1.93 bits per heavy atom.